The Morgan fingerprint density at radius 3 is 2.71 bits per heavy atom. The van der Waals surface area contributed by atoms with E-state index in [4.69, 9.17) is 5.73 Å². The summed E-state index contributed by atoms with van der Waals surface area (Å²) in [5.41, 5.74) is 5.84. The van der Waals surface area contributed by atoms with Gasteiger partial charge in [-0.1, -0.05) is 0 Å². The second-order valence-electron chi connectivity index (χ2n) is 4.55. The minimum atomic E-state index is 0.104. The van der Waals surface area contributed by atoms with Crippen molar-refractivity contribution >= 4 is 6.03 Å². The van der Waals surface area contributed by atoms with Crippen molar-refractivity contribution in [2.24, 2.45) is 5.73 Å². The van der Waals surface area contributed by atoms with E-state index in [2.05, 4.69) is 12.2 Å². The summed E-state index contributed by atoms with van der Waals surface area (Å²) in [6.45, 7) is 2.88. The summed E-state index contributed by atoms with van der Waals surface area (Å²) in [7, 11) is 0. The molecular formula is C10H19N3O. The Hall–Kier alpha value is -0.770. The number of carbonyl (C=O) groups excluding carboxylic acids is 1. The number of likely N-dealkylation sites (tertiary alicyclic amines) is 1. The van der Waals surface area contributed by atoms with E-state index in [1.165, 1.54) is 0 Å². The third kappa shape index (κ3) is 2.18. The molecule has 2 aliphatic rings. The zero-order valence-electron chi connectivity index (χ0n) is 8.70. The second-order valence-corrected chi connectivity index (χ2v) is 4.55. The predicted octanol–water partition coefficient (Wildman–Crippen LogP) is 0.670. The Morgan fingerprint density at radius 2 is 2.14 bits per heavy atom. The molecule has 1 heterocycles. The van der Waals surface area contributed by atoms with Crippen LogP contribution in [0.1, 0.15) is 32.6 Å². The molecule has 2 fully saturated rings. The molecule has 0 radical (unpaired) electrons. The van der Waals surface area contributed by atoms with E-state index in [1.54, 1.807) is 0 Å². The molecule has 14 heavy (non-hydrogen) atoms. The lowest BCUT2D eigenvalue weighted by molar-refractivity contribution is 0.151. The molecule has 80 valence electrons. The smallest absolute Gasteiger partial charge is 0.317 e. The van der Waals surface area contributed by atoms with E-state index in [0.29, 0.717) is 6.04 Å². The Bertz CT molecular complexity index is 227. The molecule has 1 aliphatic carbocycles. The number of carbonyl (C=O) groups is 1. The highest BCUT2D eigenvalue weighted by Gasteiger charge is 2.30. The van der Waals surface area contributed by atoms with Crippen molar-refractivity contribution in [1.29, 1.82) is 0 Å². The quantitative estimate of drug-likeness (QED) is 0.649. The molecule has 2 rings (SSSR count). The average molecular weight is 197 g/mol. The van der Waals surface area contributed by atoms with Gasteiger partial charge in [0.1, 0.15) is 0 Å². The summed E-state index contributed by atoms with van der Waals surface area (Å²) in [6.07, 6.45) is 4.15. The number of nitrogens with one attached hydrogen (secondary N) is 1. The van der Waals surface area contributed by atoms with Crippen LogP contribution in [-0.4, -0.2) is 35.6 Å². The van der Waals surface area contributed by atoms with Gasteiger partial charge in [0.15, 0.2) is 0 Å². The average Bonchev–Trinajstić information content (AvgIpc) is 2.87. The fraction of sp³-hybridized carbons (Fsp3) is 0.900. The van der Waals surface area contributed by atoms with Crippen molar-refractivity contribution in [3.8, 4) is 0 Å². The lowest BCUT2D eigenvalue weighted by atomic mass is 10.00. The maximum atomic E-state index is 11.7. The van der Waals surface area contributed by atoms with E-state index >= 15 is 0 Å². The molecule has 2 atom stereocenters. The van der Waals surface area contributed by atoms with Crippen LogP contribution >= 0.6 is 0 Å². The van der Waals surface area contributed by atoms with Crippen LogP contribution in [0, 0.1) is 0 Å². The summed E-state index contributed by atoms with van der Waals surface area (Å²) in [4.78, 5) is 13.7. The summed E-state index contributed by atoms with van der Waals surface area (Å²) in [5, 5.41) is 3.01. The SMILES string of the molecule is CC1CC(N)CCN1C(=O)NC1CC1. The summed E-state index contributed by atoms with van der Waals surface area (Å²) < 4.78 is 0. The molecular weight excluding hydrogens is 178 g/mol. The van der Waals surface area contributed by atoms with Crippen LogP contribution in [0.2, 0.25) is 0 Å². The van der Waals surface area contributed by atoms with Crippen molar-refractivity contribution in [1.82, 2.24) is 10.2 Å². The van der Waals surface area contributed by atoms with E-state index in [9.17, 15) is 4.79 Å². The Kier molecular flexibility index (Phi) is 2.63. The minimum absolute atomic E-state index is 0.104. The molecule has 1 saturated carbocycles. The van der Waals surface area contributed by atoms with E-state index in [0.717, 1.165) is 32.2 Å². The fourth-order valence-electron chi connectivity index (χ4n) is 2.00. The van der Waals surface area contributed by atoms with Crippen molar-refractivity contribution in [2.45, 2.75) is 50.7 Å². The molecule has 0 spiro atoms. The zero-order valence-corrected chi connectivity index (χ0v) is 8.70. The number of nitrogens with two attached hydrogens (primary N) is 1. The largest absolute Gasteiger partial charge is 0.335 e. The molecule has 3 N–H and O–H groups in total. The molecule has 0 aromatic heterocycles. The number of hydrogen-bond donors (Lipinski definition) is 2. The maximum absolute atomic E-state index is 11.7. The Balaban J connectivity index is 1.85. The van der Waals surface area contributed by atoms with Gasteiger partial charge in [0, 0.05) is 24.7 Å². The first kappa shape index (κ1) is 9.77. The van der Waals surface area contributed by atoms with Crippen LogP contribution in [0.3, 0.4) is 0 Å². The van der Waals surface area contributed by atoms with Crippen molar-refractivity contribution in [3.63, 3.8) is 0 Å². The number of urea groups is 1. The maximum Gasteiger partial charge on any atom is 0.317 e. The lowest BCUT2D eigenvalue weighted by Crippen LogP contribution is -2.52. The number of piperidine rings is 1. The standard InChI is InChI=1S/C10H19N3O/c1-7-6-8(11)4-5-13(7)10(14)12-9-2-3-9/h7-9H,2-6,11H2,1H3,(H,12,14). The van der Waals surface area contributed by atoms with Crippen LogP contribution < -0.4 is 11.1 Å². The van der Waals surface area contributed by atoms with Crippen LogP contribution in [0.4, 0.5) is 4.79 Å². The highest BCUT2D eigenvalue weighted by Crippen LogP contribution is 2.21. The van der Waals surface area contributed by atoms with Gasteiger partial charge in [0.25, 0.3) is 0 Å². The monoisotopic (exact) mass is 197 g/mol. The van der Waals surface area contributed by atoms with Crippen LogP contribution in [0.15, 0.2) is 0 Å². The van der Waals surface area contributed by atoms with Gasteiger partial charge in [-0.15, -0.1) is 0 Å². The van der Waals surface area contributed by atoms with Crippen molar-refractivity contribution < 1.29 is 4.79 Å². The first-order valence-corrected chi connectivity index (χ1v) is 5.49. The predicted molar refractivity (Wildman–Crippen MR) is 54.9 cm³/mol. The molecule has 4 heteroatoms. The molecule has 1 aliphatic heterocycles. The number of rotatable bonds is 1. The molecule has 0 aromatic rings. The molecule has 2 amide bonds. The molecule has 4 nitrogen and oxygen atoms in total. The first-order chi connectivity index (χ1) is 6.66. The molecule has 0 aromatic carbocycles. The molecule has 2 unspecified atom stereocenters. The van der Waals surface area contributed by atoms with Crippen LogP contribution in [-0.2, 0) is 0 Å². The van der Waals surface area contributed by atoms with Crippen LogP contribution in [0.5, 0.6) is 0 Å². The molecule has 1 saturated heterocycles. The van der Waals surface area contributed by atoms with Crippen molar-refractivity contribution in [2.75, 3.05) is 6.54 Å². The highest BCUT2D eigenvalue weighted by atomic mass is 16.2. The zero-order chi connectivity index (χ0) is 10.1. The minimum Gasteiger partial charge on any atom is -0.335 e. The van der Waals surface area contributed by atoms with Gasteiger partial charge in [-0.05, 0) is 32.6 Å². The summed E-state index contributed by atoms with van der Waals surface area (Å²) in [5.74, 6) is 0. The lowest BCUT2D eigenvalue weighted by Gasteiger charge is -2.36. The fourth-order valence-corrected chi connectivity index (χ4v) is 2.00. The third-order valence-corrected chi connectivity index (χ3v) is 3.08. The van der Waals surface area contributed by atoms with Gasteiger partial charge in [0.2, 0.25) is 0 Å². The summed E-state index contributed by atoms with van der Waals surface area (Å²) in [6, 6.07) is 1.12. The van der Waals surface area contributed by atoms with E-state index < -0.39 is 0 Å². The third-order valence-electron chi connectivity index (χ3n) is 3.08. The first-order valence-electron chi connectivity index (χ1n) is 5.49. The Labute approximate surface area is 84.8 Å². The molecule has 0 bridgehead atoms. The van der Waals surface area contributed by atoms with E-state index in [1.807, 2.05) is 4.90 Å². The number of nitrogens with zero attached hydrogens (tertiary/aromatic N) is 1. The van der Waals surface area contributed by atoms with Gasteiger partial charge in [0.05, 0.1) is 0 Å². The normalized spacial score (nSPS) is 32.9. The Morgan fingerprint density at radius 1 is 1.43 bits per heavy atom. The highest BCUT2D eigenvalue weighted by molar-refractivity contribution is 5.75. The second kappa shape index (κ2) is 3.77. The van der Waals surface area contributed by atoms with Gasteiger partial charge in [-0.2, -0.15) is 0 Å². The van der Waals surface area contributed by atoms with Gasteiger partial charge in [-0.25, -0.2) is 4.79 Å². The van der Waals surface area contributed by atoms with E-state index in [-0.39, 0.29) is 18.1 Å². The topological polar surface area (TPSA) is 58.4 Å². The van der Waals surface area contributed by atoms with Crippen LogP contribution in [0.25, 0.3) is 0 Å². The van der Waals surface area contributed by atoms with Gasteiger partial charge >= 0.3 is 6.03 Å². The van der Waals surface area contributed by atoms with Crippen molar-refractivity contribution in [3.05, 3.63) is 0 Å². The van der Waals surface area contributed by atoms with Gasteiger partial charge in [-0.3, -0.25) is 0 Å². The van der Waals surface area contributed by atoms with Gasteiger partial charge < -0.3 is 16.0 Å². The number of hydrogen-bond acceptors (Lipinski definition) is 2. The number of amides is 2. The summed E-state index contributed by atoms with van der Waals surface area (Å²) >= 11 is 0.